The average Bonchev–Trinajstić information content (AvgIpc) is 2.41. The molecule has 18 heavy (non-hydrogen) atoms. The second-order valence-corrected chi connectivity index (χ2v) is 5.72. The van der Waals surface area contributed by atoms with Gasteiger partial charge in [-0.3, -0.25) is 0 Å². The normalized spacial score (nSPS) is 27.4. The maximum absolute atomic E-state index is 6.08. The van der Waals surface area contributed by atoms with E-state index in [1.54, 1.807) is 0 Å². The molecule has 3 rings (SSSR count). The van der Waals surface area contributed by atoms with Crippen molar-refractivity contribution in [1.82, 2.24) is 5.32 Å². The molecule has 2 aliphatic heterocycles. The van der Waals surface area contributed by atoms with E-state index in [1.165, 1.54) is 49.1 Å². The molecule has 2 aliphatic rings. The van der Waals surface area contributed by atoms with Gasteiger partial charge in [0, 0.05) is 6.04 Å². The maximum Gasteiger partial charge on any atom is 0.126 e. The minimum absolute atomic E-state index is 0.373. The lowest BCUT2D eigenvalue weighted by molar-refractivity contribution is 0.189. The highest BCUT2D eigenvalue weighted by Gasteiger charge is 2.21. The van der Waals surface area contributed by atoms with Gasteiger partial charge in [-0.15, -0.1) is 0 Å². The number of aryl methyl sites for hydroxylation is 1. The summed E-state index contributed by atoms with van der Waals surface area (Å²) in [5.74, 6) is 1.18. The van der Waals surface area contributed by atoms with Crippen molar-refractivity contribution in [2.24, 2.45) is 0 Å². The molecular formula is C16H23NO. The minimum atomic E-state index is 0.373. The summed E-state index contributed by atoms with van der Waals surface area (Å²) in [6.07, 6.45) is 7.81. The number of para-hydroxylation sites is 1. The van der Waals surface area contributed by atoms with Crippen molar-refractivity contribution in [2.75, 3.05) is 6.54 Å². The Balaban J connectivity index is 1.79. The zero-order chi connectivity index (χ0) is 12.4. The molecule has 0 amide bonds. The second kappa shape index (κ2) is 5.31. The van der Waals surface area contributed by atoms with Crippen molar-refractivity contribution in [2.45, 2.75) is 57.6 Å². The SMILES string of the molecule is CC1CCc2cccc(CC3CCCCN3)c2O1. The number of piperidine rings is 1. The van der Waals surface area contributed by atoms with Gasteiger partial charge in [0.15, 0.2) is 0 Å². The largest absolute Gasteiger partial charge is 0.490 e. The molecule has 0 aromatic heterocycles. The molecule has 0 saturated carbocycles. The molecular weight excluding hydrogens is 222 g/mol. The van der Waals surface area contributed by atoms with Crippen LogP contribution in [-0.4, -0.2) is 18.7 Å². The van der Waals surface area contributed by atoms with Crippen LogP contribution < -0.4 is 10.1 Å². The topological polar surface area (TPSA) is 21.3 Å². The lowest BCUT2D eigenvalue weighted by Crippen LogP contribution is -2.36. The van der Waals surface area contributed by atoms with Crippen LogP contribution in [0.1, 0.15) is 43.7 Å². The Morgan fingerprint density at radius 1 is 1.28 bits per heavy atom. The van der Waals surface area contributed by atoms with Gasteiger partial charge >= 0.3 is 0 Å². The van der Waals surface area contributed by atoms with E-state index in [-0.39, 0.29) is 0 Å². The zero-order valence-electron chi connectivity index (χ0n) is 11.2. The molecule has 2 heterocycles. The molecule has 0 spiro atoms. The number of benzene rings is 1. The lowest BCUT2D eigenvalue weighted by Gasteiger charge is -2.28. The molecule has 1 aromatic carbocycles. The van der Waals surface area contributed by atoms with Crippen molar-refractivity contribution < 1.29 is 4.74 Å². The number of hydrogen-bond donors (Lipinski definition) is 1. The number of hydrogen-bond acceptors (Lipinski definition) is 2. The first-order valence-corrected chi connectivity index (χ1v) is 7.34. The van der Waals surface area contributed by atoms with Crippen molar-refractivity contribution in [3.8, 4) is 5.75 Å². The molecule has 2 nitrogen and oxygen atoms in total. The number of rotatable bonds is 2. The molecule has 2 heteroatoms. The van der Waals surface area contributed by atoms with Crippen LogP contribution in [0.2, 0.25) is 0 Å². The fourth-order valence-corrected chi connectivity index (χ4v) is 3.13. The number of ether oxygens (including phenoxy) is 1. The van der Waals surface area contributed by atoms with Gasteiger partial charge in [-0.2, -0.15) is 0 Å². The fourth-order valence-electron chi connectivity index (χ4n) is 3.13. The molecule has 1 aromatic rings. The van der Waals surface area contributed by atoms with E-state index >= 15 is 0 Å². The number of nitrogens with one attached hydrogen (secondary N) is 1. The first-order valence-electron chi connectivity index (χ1n) is 7.34. The Morgan fingerprint density at radius 3 is 3.06 bits per heavy atom. The first kappa shape index (κ1) is 12.0. The van der Waals surface area contributed by atoms with Crippen LogP contribution in [0.25, 0.3) is 0 Å². The van der Waals surface area contributed by atoms with Crippen LogP contribution >= 0.6 is 0 Å². The van der Waals surface area contributed by atoms with Crippen LogP contribution in [-0.2, 0) is 12.8 Å². The molecule has 0 radical (unpaired) electrons. The Kier molecular flexibility index (Phi) is 3.55. The monoisotopic (exact) mass is 245 g/mol. The lowest BCUT2D eigenvalue weighted by atomic mass is 9.93. The Labute approximate surface area is 110 Å². The third-order valence-electron chi connectivity index (χ3n) is 4.20. The summed E-state index contributed by atoms with van der Waals surface area (Å²) in [7, 11) is 0. The van der Waals surface area contributed by atoms with Crippen molar-refractivity contribution in [3.05, 3.63) is 29.3 Å². The average molecular weight is 245 g/mol. The summed E-state index contributed by atoms with van der Waals surface area (Å²) >= 11 is 0. The van der Waals surface area contributed by atoms with Crippen LogP contribution in [0.5, 0.6) is 5.75 Å². The van der Waals surface area contributed by atoms with Crippen LogP contribution in [0, 0.1) is 0 Å². The van der Waals surface area contributed by atoms with Gasteiger partial charge in [-0.25, -0.2) is 0 Å². The highest BCUT2D eigenvalue weighted by molar-refractivity contribution is 5.43. The highest BCUT2D eigenvalue weighted by atomic mass is 16.5. The summed E-state index contributed by atoms with van der Waals surface area (Å²) in [4.78, 5) is 0. The Hall–Kier alpha value is -1.02. The van der Waals surface area contributed by atoms with Gasteiger partial charge in [0.25, 0.3) is 0 Å². The van der Waals surface area contributed by atoms with Crippen molar-refractivity contribution in [1.29, 1.82) is 0 Å². The molecule has 98 valence electrons. The van der Waals surface area contributed by atoms with Crippen molar-refractivity contribution in [3.63, 3.8) is 0 Å². The van der Waals surface area contributed by atoms with E-state index in [2.05, 4.69) is 30.4 Å². The van der Waals surface area contributed by atoms with Crippen molar-refractivity contribution >= 4 is 0 Å². The van der Waals surface area contributed by atoms with E-state index < -0.39 is 0 Å². The fraction of sp³-hybridized carbons (Fsp3) is 0.625. The Morgan fingerprint density at radius 2 is 2.22 bits per heavy atom. The molecule has 1 N–H and O–H groups in total. The van der Waals surface area contributed by atoms with Gasteiger partial charge in [0.1, 0.15) is 5.75 Å². The third-order valence-corrected chi connectivity index (χ3v) is 4.20. The molecule has 0 bridgehead atoms. The summed E-state index contributed by atoms with van der Waals surface area (Å²) in [6.45, 7) is 3.36. The minimum Gasteiger partial charge on any atom is -0.490 e. The van der Waals surface area contributed by atoms with Gasteiger partial charge < -0.3 is 10.1 Å². The van der Waals surface area contributed by atoms with Gasteiger partial charge in [0.05, 0.1) is 6.10 Å². The highest BCUT2D eigenvalue weighted by Crippen LogP contribution is 2.32. The summed E-state index contributed by atoms with van der Waals surface area (Å²) < 4.78 is 6.08. The number of fused-ring (bicyclic) bond motifs is 1. The predicted octanol–water partition coefficient (Wildman–Crippen LogP) is 3.08. The van der Waals surface area contributed by atoms with E-state index in [0.717, 1.165) is 12.8 Å². The van der Waals surface area contributed by atoms with E-state index in [4.69, 9.17) is 4.74 Å². The summed E-state index contributed by atoms with van der Waals surface area (Å²) in [6, 6.07) is 7.30. The molecule has 1 saturated heterocycles. The van der Waals surface area contributed by atoms with Crippen LogP contribution in [0.15, 0.2) is 18.2 Å². The van der Waals surface area contributed by atoms with Gasteiger partial charge in [-0.05, 0) is 56.7 Å². The second-order valence-electron chi connectivity index (χ2n) is 5.72. The van der Waals surface area contributed by atoms with Crippen LogP contribution in [0.3, 0.4) is 0 Å². The summed E-state index contributed by atoms with van der Waals surface area (Å²) in [5.41, 5.74) is 2.81. The standard InChI is InChI=1S/C16H23NO/c1-12-8-9-13-5-4-6-14(16(13)18-12)11-15-7-2-3-10-17-15/h4-6,12,15,17H,2-3,7-11H2,1H3. The molecule has 1 fully saturated rings. The van der Waals surface area contributed by atoms with Gasteiger partial charge in [-0.1, -0.05) is 24.6 Å². The Bertz CT molecular complexity index is 410. The smallest absolute Gasteiger partial charge is 0.126 e. The zero-order valence-corrected chi connectivity index (χ0v) is 11.2. The molecule has 0 aliphatic carbocycles. The summed E-state index contributed by atoms with van der Waals surface area (Å²) in [5, 5.41) is 3.63. The molecule has 2 unspecified atom stereocenters. The maximum atomic E-state index is 6.08. The first-order chi connectivity index (χ1) is 8.83. The van der Waals surface area contributed by atoms with E-state index in [1.807, 2.05) is 0 Å². The third kappa shape index (κ3) is 2.54. The van der Waals surface area contributed by atoms with Gasteiger partial charge in [0.2, 0.25) is 0 Å². The molecule has 2 atom stereocenters. The van der Waals surface area contributed by atoms with E-state index in [0.29, 0.717) is 12.1 Å². The predicted molar refractivity (Wildman–Crippen MR) is 74.2 cm³/mol. The van der Waals surface area contributed by atoms with Crippen LogP contribution in [0.4, 0.5) is 0 Å². The quantitative estimate of drug-likeness (QED) is 0.864. The van der Waals surface area contributed by atoms with E-state index in [9.17, 15) is 0 Å².